The molecule has 1 radical (unpaired) electrons. The maximum absolute atomic E-state index is 11.7. The number of aromatic nitrogens is 1. The Balaban J connectivity index is 0.000000322. The van der Waals surface area contributed by atoms with Gasteiger partial charge in [-0.1, -0.05) is 95.1 Å². The fraction of sp³-hybridized carbons (Fsp3) is 0.366. The number of fused-ring (bicyclic) bond motifs is 3. The Morgan fingerprint density at radius 2 is 1.51 bits per heavy atom. The van der Waals surface area contributed by atoms with Gasteiger partial charge < -0.3 is 14.9 Å². The van der Waals surface area contributed by atoms with Gasteiger partial charge >= 0.3 is 6.85 Å². The van der Waals surface area contributed by atoms with Gasteiger partial charge in [0.2, 0.25) is 0 Å². The number of nitrogens with zero attached hydrogens (tertiary/aromatic N) is 2. The molecule has 0 saturated carbocycles. The van der Waals surface area contributed by atoms with Gasteiger partial charge in [0.05, 0.1) is 5.76 Å². The van der Waals surface area contributed by atoms with Crippen molar-refractivity contribution in [1.82, 2.24) is 4.98 Å². The third-order valence-electron chi connectivity index (χ3n) is 9.52. The van der Waals surface area contributed by atoms with Crippen LogP contribution in [0.15, 0.2) is 78.7 Å². The average Bonchev–Trinajstić information content (AvgIpc) is 3.03. The van der Waals surface area contributed by atoms with E-state index in [-0.39, 0.29) is 50.3 Å². The number of aryl methyl sites for hydroxylation is 4. The molecule has 0 fully saturated rings. The molecule has 5 rings (SSSR count). The fourth-order valence-corrected chi connectivity index (χ4v) is 6.94. The van der Waals surface area contributed by atoms with Gasteiger partial charge in [0.15, 0.2) is 5.78 Å². The summed E-state index contributed by atoms with van der Waals surface area (Å²) in [7, 11) is 2.21. The monoisotopic (exact) mass is 806 g/mol. The molecule has 6 heteroatoms. The number of carbonyl (C=O) groups is 1. The van der Waals surface area contributed by atoms with E-state index in [4.69, 9.17) is 4.98 Å². The molecule has 0 amide bonds. The van der Waals surface area contributed by atoms with Crippen LogP contribution in [0.25, 0.3) is 22.4 Å². The minimum absolute atomic E-state index is 0. The molecular weight excluding hydrogens is 755 g/mol. The zero-order valence-electron chi connectivity index (χ0n) is 29.6. The summed E-state index contributed by atoms with van der Waals surface area (Å²) in [5.41, 5.74) is 13.5. The van der Waals surface area contributed by atoms with E-state index >= 15 is 0 Å². The molecule has 0 bridgehead atoms. The number of rotatable bonds is 9. The molecule has 1 N–H and O–H groups in total. The summed E-state index contributed by atoms with van der Waals surface area (Å²) in [5, 5.41) is 9.76. The fourth-order valence-electron chi connectivity index (χ4n) is 6.94. The molecule has 2 heterocycles. The third kappa shape index (κ3) is 8.34. The molecule has 1 aliphatic rings. The molecule has 3 aromatic carbocycles. The number of pyridine rings is 1. The first-order valence-electron chi connectivity index (χ1n) is 16.9. The molecule has 0 spiro atoms. The molecular formula is C41H50BIrN2O2-. The maximum Gasteiger partial charge on any atom is 0.324 e. The van der Waals surface area contributed by atoms with Crippen molar-refractivity contribution in [1.29, 1.82) is 0 Å². The summed E-state index contributed by atoms with van der Waals surface area (Å²) in [6, 6.07) is 25.4. The van der Waals surface area contributed by atoms with Crippen LogP contribution in [-0.2, 0) is 24.9 Å². The van der Waals surface area contributed by atoms with Crippen LogP contribution in [0.2, 0.25) is 0 Å². The van der Waals surface area contributed by atoms with E-state index < -0.39 is 0 Å². The first kappa shape index (κ1) is 38.0. The van der Waals surface area contributed by atoms with E-state index in [2.05, 4.69) is 106 Å². The zero-order chi connectivity index (χ0) is 33.5. The predicted octanol–water partition coefficient (Wildman–Crippen LogP) is 8.87. The van der Waals surface area contributed by atoms with Crippen molar-refractivity contribution in [3.8, 4) is 22.4 Å². The second-order valence-corrected chi connectivity index (χ2v) is 12.7. The summed E-state index contributed by atoms with van der Waals surface area (Å²) in [6.45, 7) is 16.9. The Hall–Kier alpha value is -3.47. The standard InChI is InChI=1S/C28H26BN2.C13H24O2.Ir/c1-18-15-19(2)17-22(16-18)28-26-23-11-6-7-12-24(23)29(31(5)25(26)13-14-30-28)27-20(3)9-8-10-21(27)4;1-5-10(6-2)12(14)9-13(15)11(7-3)8-4;/h6-16H,1-5H3;9-11,14H,5-8H2,1-4H3;/q-1;;/b;12-9-;. The van der Waals surface area contributed by atoms with Gasteiger partial charge in [-0.15, -0.1) is 34.9 Å². The number of hydrogen-bond donors (Lipinski definition) is 1. The van der Waals surface area contributed by atoms with Crippen LogP contribution in [0.1, 0.15) is 75.6 Å². The smallest absolute Gasteiger partial charge is 0.324 e. The number of ketones is 1. The SMILES string of the molecule is CCC(CC)C(=O)/C=C(\O)C(CC)CC.Cc1[c-]c(-c2nccc3c2-c2ccccc2B(c2c(C)cccc2C)N3C)cc(C)c1.[Ir]. The van der Waals surface area contributed by atoms with Gasteiger partial charge in [0.25, 0.3) is 0 Å². The Morgan fingerprint density at radius 3 is 2.11 bits per heavy atom. The predicted molar refractivity (Wildman–Crippen MR) is 197 cm³/mol. The summed E-state index contributed by atoms with van der Waals surface area (Å²) < 4.78 is 0. The molecule has 4 aromatic rings. The van der Waals surface area contributed by atoms with E-state index in [1.807, 2.05) is 33.9 Å². The van der Waals surface area contributed by atoms with Crippen molar-refractivity contribution >= 4 is 29.2 Å². The first-order valence-corrected chi connectivity index (χ1v) is 16.9. The van der Waals surface area contributed by atoms with Crippen LogP contribution in [0.4, 0.5) is 5.69 Å². The van der Waals surface area contributed by atoms with Crippen molar-refractivity contribution in [2.75, 3.05) is 11.9 Å². The van der Waals surface area contributed by atoms with Crippen LogP contribution in [0, 0.1) is 45.6 Å². The molecule has 4 nitrogen and oxygen atoms in total. The van der Waals surface area contributed by atoms with Crippen LogP contribution < -0.4 is 15.7 Å². The largest absolute Gasteiger partial charge is 0.512 e. The topological polar surface area (TPSA) is 53.4 Å². The Kier molecular flexibility index (Phi) is 13.8. The Morgan fingerprint density at radius 1 is 0.894 bits per heavy atom. The Bertz CT molecular complexity index is 1670. The van der Waals surface area contributed by atoms with Gasteiger partial charge in [0, 0.05) is 49.9 Å². The summed E-state index contributed by atoms with van der Waals surface area (Å²) in [5.74, 6) is 0.547. The van der Waals surface area contributed by atoms with Gasteiger partial charge in [-0.3, -0.25) is 4.79 Å². The second kappa shape index (κ2) is 17.1. The van der Waals surface area contributed by atoms with Crippen LogP contribution in [-0.4, -0.2) is 29.8 Å². The van der Waals surface area contributed by atoms with Crippen molar-refractivity contribution in [3.63, 3.8) is 0 Å². The molecule has 47 heavy (non-hydrogen) atoms. The number of carbonyl (C=O) groups excluding carboxylic acids is 1. The minimum Gasteiger partial charge on any atom is -0.512 e. The van der Waals surface area contributed by atoms with E-state index in [0.717, 1.165) is 42.5 Å². The second-order valence-electron chi connectivity index (χ2n) is 12.7. The molecule has 0 aliphatic carbocycles. The number of benzene rings is 3. The van der Waals surface area contributed by atoms with E-state index in [1.54, 1.807) is 0 Å². The minimum atomic E-state index is 0. The van der Waals surface area contributed by atoms with E-state index in [9.17, 15) is 9.90 Å². The molecule has 249 valence electrons. The summed E-state index contributed by atoms with van der Waals surface area (Å²) in [6.07, 6.45) is 6.84. The van der Waals surface area contributed by atoms with Gasteiger partial charge in [-0.25, -0.2) is 0 Å². The number of hydrogen-bond acceptors (Lipinski definition) is 4. The molecule has 0 atom stereocenters. The van der Waals surface area contributed by atoms with Crippen molar-refractivity contribution < 1.29 is 30.0 Å². The maximum atomic E-state index is 11.7. The van der Waals surface area contributed by atoms with Crippen molar-refractivity contribution in [2.45, 2.75) is 81.1 Å². The first-order chi connectivity index (χ1) is 22.1. The summed E-state index contributed by atoms with van der Waals surface area (Å²) >= 11 is 0. The van der Waals surface area contributed by atoms with Crippen molar-refractivity contribution in [2.24, 2.45) is 11.8 Å². The summed E-state index contributed by atoms with van der Waals surface area (Å²) in [4.78, 5) is 19.0. The third-order valence-corrected chi connectivity index (χ3v) is 9.52. The molecule has 0 unspecified atom stereocenters. The van der Waals surface area contributed by atoms with Crippen molar-refractivity contribution in [3.05, 3.63) is 107 Å². The average molecular weight is 806 g/mol. The Labute approximate surface area is 297 Å². The van der Waals surface area contributed by atoms with Gasteiger partial charge in [-0.2, -0.15) is 0 Å². The van der Waals surface area contributed by atoms with Crippen LogP contribution >= 0.6 is 0 Å². The molecule has 0 saturated heterocycles. The molecule has 1 aliphatic heterocycles. The molecule has 1 aromatic heterocycles. The van der Waals surface area contributed by atoms with Gasteiger partial charge in [0.1, 0.15) is 0 Å². The number of anilines is 1. The van der Waals surface area contributed by atoms with E-state index in [1.165, 1.54) is 50.5 Å². The number of allylic oxidation sites excluding steroid dienone is 2. The number of aliphatic hydroxyl groups excluding tert-OH is 1. The quantitative estimate of drug-likeness (QED) is 0.0796. The number of aliphatic hydroxyl groups is 1. The van der Waals surface area contributed by atoms with Gasteiger partial charge in [-0.05, 0) is 80.4 Å². The normalized spacial score (nSPS) is 12.3. The van der Waals surface area contributed by atoms with E-state index in [0.29, 0.717) is 0 Å². The van der Waals surface area contributed by atoms with Crippen LogP contribution in [0.5, 0.6) is 0 Å². The van der Waals surface area contributed by atoms with Crippen LogP contribution in [0.3, 0.4) is 0 Å². The zero-order valence-corrected chi connectivity index (χ0v) is 32.0.